The molecule has 3 N–H and O–H groups in total. The van der Waals surface area contributed by atoms with E-state index in [0.717, 1.165) is 15.6 Å². The molecule has 1 aliphatic rings. The predicted octanol–water partition coefficient (Wildman–Crippen LogP) is 3.38. The monoisotopic (exact) mass is 565 g/mol. The summed E-state index contributed by atoms with van der Waals surface area (Å²) in [6, 6.07) is 7.26. The fourth-order valence-corrected chi connectivity index (χ4v) is 5.12. The van der Waals surface area contributed by atoms with Gasteiger partial charge in [0.2, 0.25) is 0 Å². The van der Waals surface area contributed by atoms with Crippen molar-refractivity contribution in [1.29, 1.82) is 0 Å². The molecule has 12 heteroatoms. The lowest BCUT2D eigenvalue weighted by Gasteiger charge is -2.17. The number of nitrogens with two attached hydrogens (primary N) is 1. The van der Waals surface area contributed by atoms with Crippen LogP contribution in [0.4, 0.5) is 10.2 Å². The summed E-state index contributed by atoms with van der Waals surface area (Å²) in [5.74, 6) is -0.387. The molecule has 35 heavy (non-hydrogen) atoms. The van der Waals surface area contributed by atoms with Crippen molar-refractivity contribution in [2.75, 3.05) is 11.9 Å². The third kappa shape index (κ3) is 6.51. The van der Waals surface area contributed by atoms with Gasteiger partial charge in [-0.2, -0.15) is 8.42 Å². The lowest BCUT2D eigenvalue weighted by Crippen LogP contribution is -2.27. The molecule has 186 valence electrons. The highest BCUT2D eigenvalue weighted by Crippen LogP contribution is 2.32. The zero-order valence-corrected chi connectivity index (χ0v) is 21.3. The van der Waals surface area contributed by atoms with Crippen LogP contribution >= 0.6 is 15.9 Å². The number of hydrogen-bond donors (Lipinski definition) is 2. The van der Waals surface area contributed by atoms with E-state index in [0.29, 0.717) is 18.5 Å². The van der Waals surface area contributed by atoms with Gasteiger partial charge >= 0.3 is 10.3 Å². The van der Waals surface area contributed by atoms with Crippen LogP contribution in [-0.4, -0.2) is 47.6 Å². The first kappa shape index (κ1) is 25.4. The number of rotatable bonds is 9. The van der Waals surface area contributed by atoms with Gasteiger partial charge in [-0.3, -0.25) is 8.98 Å². The summed E-state index contributed by atoms with van der Waals surface area (Å²) >= 11 is 3.47. The number of hydrogen-bond acceptors (Lipinski definition) is 7. The summed E-state index contributed by atoms with van der Waals surface area (Å²) in [6.07, 6.45) is 5.52. The number of nitrogens with one attached hydrogen (secondary N) is 1. The SMILES string of the molecule is Cc1cn(Cc2cccc(Br)c2)cc1C(=O)c1cncnc1N[C@@H]1C[C@H](COS(N)(=O)=O)C[C@@H]1F. The van der Waals surface area contributed by atoms with Crippen LogP contribution in [0.3, 0.4) is 0 Å². The van der Waals surface area contributed by atoms with Crippen molar-refractivity contribution in [3.8, 4) is 0 Å². The number of aromatic nitrogens is 3. The Bertz CT molecular complexity index is 1330. The fourth-order valence-electron chi connectivity index (χ4n) is 4.29. The van der Waals surface area contributed by atoms with E-state index in [1.807, 2.05) is 42.0 Å². The number of ketones is 1. The highest BCUT2D eigenvalue weighted by molar-refractivity contribution is 9.10. The molecule has 0 aliphatic heterocycles. The van der Waals surface area contributed by atoms with Crippen molar-refractivity contribution >= 4 is 37.8 Å². The average Bonchev–Trinajstić information content (AvgIpc) is 3.33. The Kier molecular flexibility index (Phi) is 7.64. The van der Waals surface area contributed by atoms with Crippen LogP contribution in [0.5, 0.6) is 0 Å². The van der Waals surface area contributed by atoms with Crippen LogP contribution in [-0.2, 0) is 21.0 Å². The van der Waals surface area contributed by atoms with E-state index in [-0.39, 0.29) is 36.1 Å². The lowest BCUT2D eigenvalue weighted by atomic mass is 10.0. The van der Waals surface area contributed by atoms with Crippen molar-refractivity contribution < 1.29 is 21.8 Å². The van der Waals surface area contributed by atoms with Gasteiger partial charge in [-0.05, 0) is 48.9 Å². The molecule has 0 radical (unpaired) electrons. The van der Waals surface area contributed by atoms with E-state index in [4.69, 9.17) is 5.14 Å². The van der Waals surface area contributed by atoms with Gasteiger partial charge in [0.05, 0.1) is 18.2 Å². The molecule has 9 nitrogen and oxygen atoms in total. The number of aryl methyl sites for hydroxylation is 1. The first-order chi connectivity index (χ1) is 16.6. The zero-order chi connectivity index (χ0) is 25.2. The summed E-state index contributed by atoms with van der Waals surface area (Å²) in [6.45, 7) is 2.25. The van der Waals surface area contributed by atoms with Gasteiger partial charge in [-0.15, -0.1) is 0 Å². The maximum Gasteiger partial charge on any atom is 0.333 e. The lowest BCUT2D eigenvalue weighted by molar-refractivity contribution is 0.103. The molecule has 2 heterocycles. The minimum Gasteiger partial charge on any atom is -0.364 e. The van der Waals surface area contributed by atoms with E-state index in [2.05, 4.69) is 35.4 Å². The van der Waals surface area contributed by atoms with E-state index in [1.165, 1.54) is 12.5 Å². The molecule has 3 atom stereocenters. The molecular formula is C23H25BrFN5O4S. The molecule has 3 aromatic rings. The van der Waals surface area contributed by atoms with Gasteiger partial charge in [-0.25, -0.2) is 19.5 Å². The molecule has 0 unspecified atom stereocenters. The summed E-state index contributed by atoms with van der Waals surface area (Å²) in [5.41, 5.74) is 2.60. The first-order valence-corrected chi connectivity index (χ1v) is 13.2. The second-order valence-electron chi connectivity index (χ2n) is 8.65. The van der Waals surface area contributed by atoms with Crippen LogP contribution in [0.15, 0.2) is 53.7 Å². The minimum absolute atomic E-state index is 0.110. The Morgan fingerprint density at radius 2 is 2.11 bits per heavy atom. The molecule has 0 saturated heterocycles. The maximum atomic E-state index is 14.7. The molecule has 0 spiro atoms. The number of anilines is 1. The number of nitrogens with zero attached hydrogens (tertiary/aromatic N) is 3. The molecule has 4 rings (SSSR count). The van der Waals surface area contributed by atoms with Gasteiger partial charge in [0, 0.05) is 35.2 Å². The van der Waals surface area contributed by atoms with Gasteiger partial charge in [-0.1, -0.05) is 28.1 Å². The number of alkyl halides is 1. The topological polar surface area (TPSA) is 129 Å². The normalized spacial score (nSPS) is 20.2. The molecule has 0 bridgehead atoms. The van der Waals surface area contributed by atoms with Crippen molar-refractivity contribution in [2.24, 2.45) is 11.1 Å². The maximum absolute atomic E-state index is 14.7. The van der Waals surface area contributed by atoms with Crippen LogP contribution in [0.1, 0.15) is 39.9 Å². The highest BCUT2D eigenvalue weighted by Gasteiger charge is 2.36. The number of halogens is 2. The largest absolute Gasteiger partial charge is 0.364 e. The summed E-state index contributed by atoms with van der Waals surface area (Å²) in [7, 11) is -4.09. The number of carbonyl (C=O) groups excluding carboxylic acids is 1. The van der Waals surface area contributed by atoms with Crippen molar-refractivity contribution in [1.82, 2.24) is 14.5 Å². The molecule has 0 amide bonds. The van der Waals surface area contributed by atoms with Gasteiger partial charge in [0.15, 0.2) is 5.78 Å². The van der Waals surface area contributed by atoms with Gasteiger partial charge in [0.25, 0.3) is 0 Å². The quantitative estimate of drug-likeness (QED) is 0.380. The second kappa shape index (κ2) is 10.5. The third-order valence-electron chi connectivity index (χ3n) is 5.91. The summed E-state index contributed by atoms with van der Waals surface area (Å²) in [5, 5.41) is 7.87. The Morgan fingerprint density at radius 1 is 1.31 bits per heavy atom. The van der Waals surface area contributed by atoms with Gasteiger partial charge < -0.3 is 9.88 Å². The highest BCUT2D eigenvalue weighted by atomic mass is 79.9. The smallest absolute Gasteiger partial charge is 0.333 e. The number of benzene rings is 1. The van der Waals surface area contributed by atoms with Crippen molar-refractivity contribution in [2.45, 2.75) is 38.5 Å². The standard InChI is InChI=1S/C23H25BrFN5O4S/c1-14-9-30(10-15-3-2-4-17(24)5-15)11-19(14)22(31)18-8-27-13-28-23(18)29-21-7-16(6-20(21)25)12-34-35(26,32)33/h2-5,8-9,11,13,16,20-21H,6-7,10,12H2,1H3,(H2,26,32,33)(H,27,28,29)/t16-,20+,21-/m1/s1. The van der Waals surface area contributed by atoms with Crippen molar-refractivity contribution in [3.63, 3.8) is 0 Å². The predicted molar refractivity (Wildman–Crippen MR) is 132 cm³/mol. The fraction of sp³-hybridized carbons (Fsp3) is 0.348. The number of carbonyl (C=O) groups is 1. The molecule has 1 saturated carbocycles. The zero-order valence-electron chi connectivity index (χ0n) is 18.9. The molecular weight excluding hydrogens is 541 g/mol. The van der Waals surface area contributed by atoms with E-state index >= 15 is 0 Å². The minimum atomic E-state index is -4.09. The Hall–Kier alpha value is -2.67. The third-order valence-corrected chi connectivity index (χ3v) is 6.87. The van der Waals surface area contributed by atoms with Crippen LogP contribution in [0.2, 0.25) is 0 Å². The van der Waals surface area contributed by atoms with Crippen LogP contribution in [0.25, 0.3) is 0 Å². The van der Waals surface area contributed by atoms with Crippen molar-refractivity contribution in [3.05, 3.63) is 75.9 Å². The van der Waals surface area contributed by atoms with Crippen LogP contribution in [0, 0.1) is 12.8 Å². The van der Waals surface area contributed by atoms with E-state index < -0.39 is 22.5 Å². The van der Waals surface area contributed by atoms with Crippen LogP contribution < -0.4 is 10.5 Å². The van der Waals surface area contributed by atoms with E-state index in [9.17, 15) is 17.6 Å². The average molecular weight is 566 g/mol. The summed E-state index contributed by atoms with van der Waals surface area (Å²) in [4.78, 5) is 21.6. The molecule has 2 aromatic heterocycles. The molecule has 1 aliphatic carbocycles. The van der Waals surface area contributed by atoms with Gasteiger partial charge in [0.1, 0.15) is 18.3 Å². The Morgan fingerprint density at radius 3 is 2.86 bits per heavy atom. The first-order valence-electron chi connectivity index (χ1n) is 10.9. The Balaban J connectivity index is 1.49. The Labute approximate surface area is 211 Å². The van der Waals surface area contributed by atoms with E-state index in [1.54, 1.807) is 6.20 Å². The molecule has 1 aromatic carbocycles. The second-order valence-corrected chi connectivity index (χ2v) is 10.8. The summed E-state index contributed by atoms with van der Waals surface area (Å²) < 4.78 is 44.3. The molecule has 1 fully saturated rings.